The number of thiazole rings is 1. The number of hydrogen-bond donors (Lipinski definition) is 1. The summed E-state index contributed by atoms with van der Waals surface area (Å²) in [6.07, 6.45) is -4.95. The Morgan fingerprint density at radius 3 is 2.30 bits per heavy atom. The molecule has 0 bridgehead atoms. The van der Waals surface area contributed by atoms with Gasteiger partial charge in [-0.1, -0.05) is 0 Å². The zero-order valence-corrected chi connectivity index (χ0v) is 18.1. The zero-order chi connectivity index (χ0) is 23.6. The molecule has 0 radical (unpaired) electrons. The number of phenols is 1. The highest BCUT2D eigenvalue weighted by atomic mass is 32.1. The fraction of sp³-hybridized carbons (Fsp3) is 0.136. The minimum Gasteiger partial charge on any atom is -0.508 e. The molecule has 0 aliphatic heterocycles. The zero-order valence-electron chi connectivity index (χ0n) is 17.3. The first kappa shape index (κ1) is 22.3. The Balaban J connectivity index is 1.65. The fourth-order valence-corrected chi connectivity index (χ4v) is 3.94. The average Bonchev–Trinajstić information content (AvgIpc) is 3.20. The molecule has 170 valence electrons. The van der Waals surface area contributed by atoms with Gasteiger partial charge in [0.25, 0.3) is 0 Å². The molecule has 3 aromatic carbocycles. The summed E-state index contributed by atoms with van der Waals surface area (Å²) in [5.41, 5.74) is 1.67. The summed E-state index contributed by atoms with van der Waals surface area (Å²) in [4.78, 5) is 4.62. The Morgan fingerprint density at radius 2 is 1.61 bits per heavy atom. The quantitative estimate of drug-likeness (QED) is 0.304. The lowest BCUT2D eigenvalue weighted by Crippen LogP contribution is -2.17. The first-order valence-electron chi connectivity index (χ1n) is 9.39. The molecule has 4 aromatic rings. The van der Waals surface area contributed by atoms with E-state index in [1.807, 2.05) is 18.2 Å². The van der Waals surface area contributed by atoms with Crippen LogP contribution < -0.4 is 14.2 Å². The van der Waals surface area contributed by atoms with Crippen molar-refractivity contribution < 1.29 is 32.5 Å². The van der Waals surface area contributed by atoms with Gasteiger partial charge in [0.2, 0.25) is 0 Å². The van der Waals surface area contributed by atoms with Crippen LogP contribution in [-0.4, -0.2) is 30.7 Å². The van der Waals surface area contributed by atoms with Gasteiger partial charge in [-0.05, 0) is 48.5 Å². The van der Waals surface area contributed by atoms with E-state index in [0.717, 1.165) is 38.7 Å². The second-order valence-corrected chi connectivity index (χ2v) is 7.67. The SMILES string of the molecule is COc1ccc2nc(-c3ccc(/N=N/c4ccc(O)cc4OC(F)(F)F)c(OC)c3)sc2c1. The molecule has 4 rings (SSSR count). The third-order valence-electron chi connectivity index (χ3n) is 4.46. The van der Waals surface area contributed by atoms with Crippen LogP contribution in [0.3, 0.4) is 0 Å². The molecule has 1 N–H and O–H groups in total. The van der Waals surface area contributed by atoms with E-state index in [0.29, 0.717) is 5.75 Å². The van der Waals surface area contributed by atoms with Crippen molar-refractivity contribution in [3.8, 4) is 33.6 Å². The van der Waals surface area contributed by atoms with Crippen LogP contribution in [0, 0.1) is 0 Å². The van der Waals surface area contributed by atoms with E-state index in [1.54, 1.807) is 25.3 Å². The number of nitrogens with zero attached hydrogens (tertiary/aromatic N) is 3. The average molecular weight is 475 g/mol. The third-order valence-corrected chi connectivity index (χ3v) is 5.52. The van der Waals surface area contributed by atoms with E-state index < -0.39 is 17.9 Å². The Labute approximate surface area is 189 Å². The van der Waals surface area contributed by atoms with Crippen LogP contribution in [0.15, 0.2) is 64.8 Å². The van der Waals surface area contributed by atoms with E-state index in [1.165, 1.54) is 24.5 Å². The maximum atomic E-state index is 12.7. The molecule has 33 heavy (non-hydrogen) atoms. The summed E-state index contributed by atoms with van der Waals surface area (Å²) in [6.45, 7) is 0. The van der Waals surface area contributed by atoms with E-state index in [4.69, 9.17) is 9.47 Å². The summed E-state index contributed by atoms with van der Waals surface area (Å²) >= 11 is 1.48. The van der Waals surface area contributed by atoms with Crippen LogP contribution in [0.2, 0.25) is 0 Å². The first-order chi connectivity index (χ1) is 15.8. The maximum absolute atomic E-state index is 12.7. The molecule has 0 spiro atoms. The third kappa shape index (κ3) is 5.14. The molecule has 0 aliphatic rings. The topological polar surface area (TPSA) is 85.5 Å². The molecule has 0 saturated carbocycles. The number of benzene rings is 3. The molecule has 7 nitrogen and oxygen atoms in total. The van der Waals surface area contributed by atoms with E-state index >= 15 is 0 Å². The van der Waals surface area contributed by atoms with Crippen molar-refractivity contribution in [2.75, 3.05) is 14.2 Å². The summed E-state index contributed by atoms with van der Waals surface area (Å²) in [7, 11) is 3.04. The van der Waals surface area contributed by atoms with Crippen LogP contribution in [0.25, 0.3) is 20.8 Å². The van der Waals surface area contributed by atoms with Gasteiger partial charge < -0.3 is 19.3 Å². The maximum Gasteiger partial charge on any atom is 0.573 e. The molecule has 0 saturated heterocycles. The summed E-state index contributed by atoms with van der Waals surface area (Å²) in [5.74, 6) is 0.00891. The van der Waals surface area contributed by atoms with Crippen LogP contribution in [0.5, 0.6) is 23.0 Å². The van der Waals surface area contributed by atoms with E-state index in [9.17, 15) is 18.3 Å². The van der Waals surface area contributed by atoms with Gasteiger partial charge in [0.05, 0.1) is 24.4 Å². The number of phenolic OH excluding ortho intramolecular Hbond substituents is 1. The molecular weight excluding hydrogens is 459 g/mol. The second-order valence-electron chi connectivity index (χ2n) is 6.64. The Bertz CT molecular complexity index is 1340. The summed E-state index contributed by atoms with van der Waals surface area (Å²) < 4.78 is 53.5. The lowest BCUT2D eigenvalue weighted by Gasteiger charge is -2.11. The highest BCUT2D eigenvalue weighted by Crippen LogP contribution is 2.39. The number of ether oxygens (including phenoxy) is 3. The number of methoxy groups -OCH3 is 2. The first-order valence-corrected chi connectivity index (χ1v) is 10.2. The highest BCUT2D eigenvalue weighted by Gasteiger charge is 2.32. The number of azo groups is 1. The van der Waals surface area contributed by atoms with Crippen molar-refractivity contribution >= 4 is 32.9 Å². The Kier molecular flexibility index (Phi) is 6.05. The number of alkyl halides is 3. The van der Waals surface area contributed by atoms with Gasteiger partial charge in [0.15, 0.2) is 5.75 Å². The van der Waals surface area contributed by atoms with Gasteiger partial charge in [0, 0.05) is 11.6 Å². The molecule has 0 amide bonds. The minimum atomic E-state index is -4.95. The van der Waals surface area contributed by atoms with Gasteiger partial charge in [-0.25, -0.2) is 4.98 Å². The number of aromatic hydroxyl groups is 1. The van der Waals surface area contributed by atoms with Crippen LogP contribution in [-0.2, 0) is 0 Å². The van der Waals surface area contributed by atoms with Gasteiger partial charge in [-0.3, -0.25) is 0 Å². The number of rotatable bonds is 6. The van der Waals surface area contributed by atoms with Gasteiger partial charge in [0.1, 0.15) is 33.6 Å². The van der Waals surface area contributed by atoms with Crippen molar-refractivity contribution in [3.63, 3.8) is 0 Å². The van der Waals surface area contributed by atoms with Crippen molar-refractivity contribution in [1.82, 2.24) is 4.98 Å². The Hall–Kier alpha value is -3.86. The lowest BCUT2D eigenvalue weighted by atomic mass is 10.2. The second kappa shape index (κ2) is 8.94. The van der Waals surface area contributed by atoms with Crippen LogP contribution in [0.1, 0.15) is 0 Å². The summed E-state index contributed by atoms with van der Waals surface area (Å²) in [5, 5.41) is 18.1. The summed E-state index contributed by atoms with van der Waals surface area (Å²) in [6, 6.07) is 13.8. The predicted octanol–water partition coefficient (Wildman–Crippen LogP) is 7.00. The molecule has 0 atom stereocenters. The molecule has 11 heteroatoms. The number of halogens is 3. The van der Waals surface area contributed by atoms with Crippen molar-refractivity contribution in [2.24, 2.45) is 10.2 Å². The van der Waals surface area contributed by atoms with E-state index in [-0.39, 0.29) is 11.4 Å². The molecule has 0 fully saturated rings. The Morgan fingerprint density at radius 1 is 0.879 bits per heavy atom. The largest absolute Gasteiger partial charge is 0.573 e. The molecular formula is C22H16F3N3O4S. The van der Waals surface area contributed by atoms with Crippen molar-refractivity contribution in [1.29, 1.82) is 0 Å². The normalized spacial score (nSPS) is 11.8. The van der Waals surface area contributed by atoms with E-state index in [2.05, 4.69) is 19.9 Å². The lowest BCUT2D eigenvalue weighted by molar-refractivity contribution is -0.274. The van der Waals surface area contributed by atoms with Crippen LogP contribution in [0.4, 0.5) is 24.5 Å². The predicted molar refractivity (Wildman–Crippen MR) is 117 cm³/mol. The van der Waals surface area contributed by atoms with Gasteiger partial charge in [-0.2, -0.15) is 0 Å². The van der Waals surface area contributed by atoms with Gasteiger partial charge >= 0.3 is 6.36 Å². The van der Waals surface area contributed by atoms with Crippen LogP contribution >= 0.6 is 11.3 Å². The number of fused-ring (bicyclic) bond motifs is 1. The molecule has 0 unspecified atom stereocenters. The molecule has 1 aromatic heterocycles. The highest BCUT2D eigenvalue weighted by molar-refractivity contribution is 7.21. The van der Waals surface area contributed by atoms with Crippen molar-refractivity contribution in [2.45, 2.75) is 6.36 Å². The number of hydrogen-bond acceptors (Lipinski definition) is 8. The van der Waals surface area contributed by atoms with Gasteiger partial charge in [-0.15, -0.1) is 34.7 Å². The monoisotopic (exact) mass is 475 g/mol. The molecule has 0 aliphatic carbocycles. The minimum absolute atomic E-state index is 0.212. The molecule has 1 heterocycles. The standard InChI is InChI=1S/C22H16F3N3O4S/c1-30-14-5-8-17-20(11-14)33-21(26-17)12-3-6-15(18(9-12)31-2)27-28-16-7-4-13(29)10-19(16)32-22(23,24)25/h3-11,29H,1-2H3/b28-27+. The fourth-order valence-electron chi connectivity index (χ4n) is 2.95. The smallest absolute Gasteiger partial charge is 0.508 e. The van der Waals surface area contributed by atoms with Crippen molar-refractivity contribution in [3.05, 3.63) is 54.6 Å². The number of aromatic nitrogens is 1.